The molecule has 2 aliphatic rings. The number of nitrogens with one attached hydrogen (secondary N) is 3. The zero-order valence-electron chi connectivity index (χ0n) is 82.2. The fraction of sp³-hybridized carbons (Fsp3) is 0.181. The lowest BCUT2D eigenvalue weighted by molar-refractivity contribution is 0.0527. The smallest absolute Gasteiger partial charge is 0.341 e. The number of aromatic nitrogens is 15. The summed E-state index contributed by atoms with van der Waals surface area (Å²) in [5.41, 5.74) is 42.3. The third-order valence-corrected chi connectivity index (χ3v) is 26.4. The number of carboxylic acid groups (broad SMARTS) is 1. The molecule has 3 amide bonds. The van der Waals surface area contributed by atoms with Gasteiger partial charge in [-0.05, 0) is 288 Å². The van der Waals surface area contributed by atoms with Crippen LogP contribution in [0.5, 0.6) is 0 Å². The molecule has 2 aliphatic carbocycles. The van der Waals surface area contributed by atoms with Crippen molar-refractivity contribution in [2.45, 2.75) is 117 Å². The molecule has 750 valence electrons. The number of nitrogens with two attached hydrogens (primary N) is 3. The Balaban J connectivity index is 0.000000122. The number of halogens is 5. The molecule has 4 atom stereocenters. The number of nitrogens with zero attached hydrogens (tertiary/aromatic N) is 15. The van der Waals surface area contributed by atoms with Crippen molar-refractivity contribution in [3.05, 3.63) is 390 Å². The number of esters is 1. The molecule has 2 fully saturated rings. The zero-order chi connectivity index (χ0) is 104. The number of ether oxygens (including phenoxy) is 1. The van der Waals surface area contributed by atoms with Gasteiger partial charge in [-0.25, -0.2) is 55.5 Å². The second kappa shape index (κ2) is 45.2. The highest BCUT2D eigenvalue weighted by molar-refractivity contribution is 6.00. The highest BCUT2D eigenvalue weighted by Crippen LogP contribution is 2.40. The summed E-state index contributed by atoms with van der Waals surface area (Å²) in [5.74, 6) is -3.29. The van der Waals surface area contributed by atoms with Crippen LogP contribution in [0.2, 0.25) is 0 Å². The van der Waals surface area contributed by atoms with Gasteiger partial charge in [-0.15, -0.1) is 0 Å². The molecule has 28 nitrogen and oxygen atoms in total. The normalized spacial score (nSPS) is 14.3. The summed E-state index contributed by atoms with van der Waals surface area (Å²) in [6, 6.07) is 62.5. The Morgan fingerprint density at radius 1 is 0.369 bits per heavy atom. The van der Waals surface area contributed by atoms with Crippen LogP contribution >= 0.6 is 0 Å². The van der Waals surface area contributed by atoms with E-state index in [9.17, 15) is 51.0 Å². The van der Waals surface area contributed by atoms with E-state index in [1.807, 2.05) is 134 Å². The van der Waals surface area contributed by atoms with Crippen molar-refractivity contribution in [1.82, 2.24) is 88.3 Å². The molecule has 0 aliphatic heterocycles. The van der Waals surface area contributed by atoms with Gasteiger partial charge in [-0.3, -0.25) is 52.5 Å². The summed E-state index contributed by atoms with van der Waals surface area (Å²) in [7, 11) is 0. The van der Waals surface area contributed by atoms with Gasteiger partial charge in [0.1, 0.15) is 74.2 Å². The predicted molar refractivity (Wildman–Crippen MR) is 562 cm³/mol. The maximum atomic E-state index is 13.8. The summed E-state index contributed by atoms with van der Waals surface area (Å²) in [5, 5.41) is 26.6. The average Bonchev–Trinajstić information content (AvgIpc) is 1.69. The molecule has 10 N–H and O–H groups in total. The lowest BCUT2D eigenvalue weighted by Gasteiger charge is -2.29. The molecule has 22 rings (SSSR count). The fourth-order valence-corrected chi connectivity index (χ4v) is 18.5. The maximum Gasteiger partial charge on any atom is 0.341 e. The number of hydrogen-bond donors (Lipinski definition) is 7. The van der Waals surface area contributed by atoms with E-state index in [0.717, 1.165) is 158 Å². The minimum Gasteiger partial charge on any atom is -0.478 e. The van der Waals surface area contributed by atoms with Crippen LogP contribution < -0.4 is 33.2 Å². The van der Waals surface area contributed by atoms with Gasteiger partial charge >= 0.3 is 11.9 Å². The van der Waals surface area contributed by atoms with Crippen LogP contribution in [0.1, 0.15) is 138 Å². The van der Waals surface area contributed by atoms with Gasteiger partial charge in [0.25, 0.3) is 17.7 Å². The van der Waals surface area contributed by atoms with Crippen LogP contribution in [0.3, 0.4) is 0 Å². The molecule has 5 aromatic carbocycles. The van der Waals surface area contributed by atoms with Gasteiger partial charge < -0.3 is 43.0 Å². The van der Waals surface area contributed by atoms with Crippen LogP contribution in [-0.4, -0.2) is 151 Å². The number of rotatable bonds is 20. The molecular weight excluding hydrogens is 1890 g/mol. The molecule has 0 unspecified atom stereocenters. The summed E-state index contributed by atoms with van der Waals surface area (Å²) < 4.78 is 82.2. The summed E-state index contributed by atoms with van der Waals surface area (Å²) in [6.07, 6.45) is 33.2. The molecule has 0 spiro atoms. The fourth-order valence-electron chi connectivity index (χ4n) is 18.5. The highest BCUT2D eigenvalue weighted by atomic mass is 19.1. The van der Waals surface area contributed by atoms with Crippen molar-refractivity contribution in [2.24, 2.45) is 17.2 Å². The molecule has 0 bridgehead atoms. The number of fused-ring (bicyclic) bond motifs is 5. The lowest BCUT2D eigenvalue weighted by Crippen LogP contribution is -2.49. The first-order valence-electron chi connectivity index (χ1n) is 48.7. The number of amides is 3. The molecule has 15 aromatic heterocycles. The number of aromatic carboxylic acids is 1. The molecule has 149 heavy (non-hydrogen) atoms. The Kier molecular flexibility index (Phi) is 30.7. The van der Waals surface area contributed by atoms with Crippen molar-refractivity contribution in [3.8, 4) is 112 Å². The van der Waals surface area contributed by atoms with E-state index < -0.39 is 11.9 Å². The van der Waals surface area contributed by atoms with Crippen LogP contribution in [0.25, 0.3) is 140 Å². The van der Waals surface area contributed by atoms with Crippen molar-refractivity contribution < 1.29 is 55.8 Å². The number of carbonyl (C=O) groups excluding carboxylic acids is 4. The van der Waals surface area contributed by atoms with E-state index in [1.165, 1.54) is 47.2 Å². The monoisotopic (exact) mass is 2000 g/mol. The maximum absolute atomic E-state index is 13.8. The SMILES string of the molecule is CCOC(=O)c1cnn2ccc(-c3cccnc3-c3ccc(F)c(C)c3)cc12.Cc1cc(-c2ncccc2-c2ccc3ncc(C(=O)NCCN)n3c2)ccc1F.Cc1cc(-c2ncccc2-c2ccc3ncc(C(=O)N[C@@H]4CCCC[C@H]4N)n3c2)ccc1F.Cc1cc(-c2ncccc2-c2ccc3ncc(C(=O)N[C@H]4CCCC[C@@H]4N)n3c2)ccc1F.Cc1cc(-c2ncccc2-c2ccn3ncc(C(=O)O)c3c2)ccc1F. The summed E-state index contributed by atoms with van der Waals surface area (Å²) in [6.45, 7) is 11.5. The first kappa shape index (κ1) is 101. The first-order chi connectivity index (χ1) is 72.2. The Morgan fingerprint density at radius 3 is 0.980 bits per heavy atom. The predicted octanol–water partition coefficient (Wildman–Crippen LogP) is 21.1. The summed E-state index contributed by atoms with van der Waals surface area (Å²) >= 11 is 0. The number of imidazole rings is 3. The number of aryl methyl sites for hydroxylation is 5. The minimum absolute atomic E-state index is 0.0189. The minimum atomic E-state index is -1.03. The van der Waals surface area contributed by atoms with Crippen molar-refractivity contribution in [1.29, 1.82) is 0 Å². The van der Waals surface area contributed by atoms with Crippen LogP contribution in [0, 0.1) is 63.7 Å². The second-order valence-corrected chi connectivity index (χ2v) is 36.4. The number of carboxylic acids is 1. The molecule has 20 aromatic rings. The average molecular weight is 2000 g/mol. The first-order valence-corrected chi connectivity index (χ1v) is 48.7. The summed E-state index contributed by atoms with van der Waals surface area (Å²) in [4.78, 5) is 97.9. The number of hydrogen-bond acceptors (Lipinski definition) is 19. The van der Waals surface area contributed by atoms with E-state index in [-0.39, 0.29) is 76.5 Å². The molecule has 0 radical (unpaired) electrons. The lowest BCUT2D eigenvalue weighted by atomic mass is 9.91. The molecule has 2 saturated carbocycles. The van der Waals surface area contributed by atoms with Gasteiger partial charge in [0.2, 0.25) is 0 Å². The molecule has 15 heterocycles. The Hall–Kier alpha value is -17.8. The van der Waals surface area contributed by atoms with Crippen LogP contribution in [0.15, 0.2) is 305 Å². The van der Waals surface area contributed by atoms with Gasteiger partial charge in [0.05, 0.1) is 77.1 Å². The topological polar surface area (TPSA) is 380 Å². The quantitative estimate of drug-likeness (QED) is 0.0275. The highest BCUT2D eigenvalue weighted by Gasteiger charge is 2.30. The molecule has 33 heteroatoms. The van der Waals surface area contributed by atoms with Gasteiger partial charge in [0, 0.05) is 172 Å². The second-order valence-electron chi connectivity index (χ2n) is 36.4. The van der Waals surface area contributed by atoms with Gasteiger partial charge in [0.15, 0.2) is 0 Å². The van der Waals surface area contributed by atoms with E-state index >= 15 is 0 Å². The number of benzene rings is 5. The van der Waals surface area contributed by atoms with Gasteiger partial charge in [-0.2, -0.15) is 10.2 Å². The Labute approximate surface area is 853 Å². The zero-order valence-corrected chi connectivity index (χ0v) is 82.2. The largest absolute Gasteiger partial charge is 0.478 e. The van der Waals surface area contributed by atoms with E-state index in [2.05, 4.69) is 66.0 Å². The third kappa shape index (κ3) is 22.4. The molecular formula is C116H104F5N21O7. The standard InChI is InChI=1S/2C26H26FN5O.C22H20FN5O.C22H18FN3O2.C20H14FN3O2/c2*1-16-13-17(8-10-20(16)27)25-19(5-4-12-29-25)18-9-11-24-30-14-23(32(24)15-18)26(33)31-22-7-3-2-6-21(22)28;1-14-11-15(4-6-18(14)23)21-17(3-2-9-25-21)16-5-7-20-27-12-19(28(20)13-16)22(29)26-10-8-24;1-3-28-22(27)18-13-25-26-10-8-15(12-20(18)26)17-5-4-9-24-21(17)16-6-7-19(23)14(2)11-16;1-12-9-14(4-5-17(12)21)19-15(3-2-7-22-19)13-6-8-24-18(10-13)16(11-23-24)20(25)26/h2*4-5,8-15,21-22H,2-3,6-7,28H2,1H3,(H,31,33);2-7,9,11-13H,8,10,24H2,1H3,(H,26,29);4-13H,3H2,1-2H3;2-11H,1H3,(H,25,26)/t2*21-,22-;;;/m10.../s1. The Morgan fingerprint density at radius 2 is 0.671 bits per heavy atom. The van der Waals surface area contributed by atoms with Crippen molar-refractivity contribution in [3.63, 3.8) is 0 Å². The number of pyridine rings is 10. The van der Waals surface area contributed by atoms with E-state index in [4.69, 9.17) is 21.9 Å². The number of carbonyl (C=O) groups is 5. The van der Waals surface area contributed by atoms with Crippen LogP contribution in [-0.2, 0) is 4.74 Å². The van der Waals surface area contributed by atoms with Gasteiger partial charge in [-0.1, -0.05) is 56.0 Å². The van der Waals surface area contributed by atoms with E-state index in [1.54, 1.807) is 188 Å². The Bertz CT molecular complexity index is 8240. The van der Waals surface area contributed by atoms with Crippen molar-refractivity contribution >= 4 is 57.6 Å². The van der Waals surface area contributed by atoms with Crippen molar-refractivity contribution in [2.75, 3.05) is 19.7 Å². The van der Waals surface area contributed by atoms with Crippen LogP contribution in [0.4, 0.5) is 22.0 Å². The molecule has 0 saturated heterocycles. The van der Waals surface area contributed by atoms with E-state index in [0.29, 0.717) is 104 Å². The third-order valence-electron chi connectivity index (χ3n) is 26.4.